The molecule has 0 saturated heterocycles. The van der Waals surface area contributed by atoms with Gasteiger partial charge in [-0.3, -0.25) is 5.41 Å². The van der Waals surface area contributed by atoms with Crippen LogP contribution in [-0.4, -0.2) is 26.7 Å². The van der Waals surface area contributed by atoms with Gasteiger partial charge in [0.15, 0.2) is 5.90 Å². The first-order valence-corrected chi connectivity index (χ1v) is 4.64. The van der Waals surface area contributed by atoms with Crippen LogP contribution in [0.5, 0.6) is 11.5 Å². The average Bonchev–Trinajstić information content (AvgIpc) is 2.29. The fourth-order valence-electron chi connectivity index (χ4n) is 1.05. The summed E-state index contributed by atoms with van der Waals surface area (Å²) in [5.41, 5.74) is 0. The van der Waals surface area contributed by atoms with Crippen molar-refractivity contribution in [1.29, 1.82) is 5.41 Å². The Morgan fingerprint density at radius 2 is 2.00 bits per heavy atom. The molecule has 0 atom stereocenters. The number of ether oxygens (including phenoxy) is 3. The average molecular weight is 209 g/mol. The lowest BCUT2D eigenvalue weighted by Gasteiger charge is -2.07. The molecule has 1 N–H and O–H groups in total. The number of nitrogens with one attached hydrogen (secondary N) is 1. The van der Waals surface area contributed by atoms with E-state index in [4.69, 9.17) is 19.6 Å². The maximum Gasteiger partial charge on any atom is 0.183 e. The first kappa shape index (κ1) is 11.4. The van der Waals surface area contributed by atoms with Gasteiger partial charge in [-0.1, -0.05) is 6.07 Å². The van der Waals surface area contributed by atoms with Crippen LogP contribution in [0.1, 0.15) is 6.42 Å². The second-order valence-corrected chi connectivity index (χ2v) is 2.90. The third-order valence-electron chi connectivity index (χ3n) is 1.89. The van der Waals surface area contributed by atoms with Crippen LogP contribution in [0, 0.1) is 5.41 Å². The van der Waals surface area contributed by atoms with Crippen LogP contribution < -0.4 is 9.47 Å². The van der Waals surface area contributed by atoms with E-state index in [-0.39, 0.29) is 5.90 Å². The molecule has 0 amide bonds. The predicted octanol–water partition coefficient (Wildman–Crippen LogP) is 2.09. The molecule has 0 unspecified atom stereocenters. The predicted molar refractivity (Wildman–Crippen MR) is 57.8 cm³/mol. The lowest BCUT2D eigenvalue weighted by atomic mass is 10.3. The minimum absolute atomic E-state index is 0.220. The molecule has 0 radical (unpaired) electrons. The Bertz CT molecular complexity index is 325. The van der Waals surface area contributed by atoms with Crippen LogP contribution >= 0.6 is 0 Å². The smallest absolute Gasteiger partial charge is 0.183 e. The molecule has 0 aliphatic heterocycles. The van der Waals surface area contributed by atoms with Gasteiger partial charge in [-0.15, -0.1) is 0 Å². The molecule has 1 rings (SSSR count). The SMILES string of the molecule is COC(=N)CCOc1cccc(OC)c1. The Morgan fingerprint density at radius 3 is 2.67 bits per heavy atom. The van der Waals surface area contributed by atoms with E-state index in [9.17, 15) is 0 Å². The van der Waals surface area contributed by atoms with Gasteiger partial charge in [0.1, 0.15) is 11.5 Å². The fourth-order valence-corrected chi connectivity index (χ4v) is 1.05. The monoisotopic (exact) mass is 209 g/mol. The van der Waals surface area contributed by atoms with Crippen molar-refractivity contribution in [2.45, 2.75) is 6.42 Å². The van der Waals surface area contributed by atoms with Crippen LogP contribution in [0.25, 0.3) is 0 Å². The third-order valence-corrected chi connectivity index (χ3v) is 1.89. The molecule has 0 aliphatic rings. The van der Waals surface area contributed by atoms with Crippen LogP contribution in [0.2, 0.25) is 0 Å². The minimum Gasteiger partial charge on any atom is -0.497 e. The molecule has 4 heteroatoms. The van der Waals surface area contributed by atoms with E-state index >= 15 is 0 Å². The summed E-state index contributed by atoms with van der Waals surface area (Å²) in [5, 5.41) is 7.25. The van der Waals surface area contributed by atoms with E-state index in [1.165, 1.54) is 7.11 Å². The summed E-state index contributed by atoms with van der Waals surface area (Å²) in [6.07, 6.45) is 0.466. The molecule has 15 heavy (non-hydrogen) atoms. The quantitative estimate of drug-likeness (QED) is 0.596. The molecule has 0 fully saturated rings. The third kappa shape index (κ3) is 3.89. The maximum absolute atomic E-state index is 7.25. The number of hydrogen-bond acceptors (Lipinski definition) is 4. The van der Waals surface area contributed by atoms with Gasteiger partial charge in [-0.05, 0) is 12.1 Å². The molecule has 0 aromatic heterocycles. The first-order chi connectivity index (χ1) is 7.26. The molecule has 1 aromatic carbocycles. The number of rotatable bonds is 5. The molecule has 82 valence electrons. The zero-order valence-corrected chi connectivity index (χ0v) is 8.95. The van der Waals surface area contributed by atoms with Crippen LogP contribution in [0.3, 0.4) is 0 Å². The van der Waals surface area contributed by atoms with Crippen molar-refractivity contribution in [1.82, 2.24) is 0 Å². The Morgan fingerprint density at radius 1 is 1.27 bits per heavy atom. The topological polar surface area (TPSA) is 51.5 Å². The van der Waals surface area contributed by atoms with Gasteiger partial charge >= 0.3 is 0 Å². The van der Waals surface area contributed by atoms with E-state index in [0.29, 0.717) is 13.0 Å². The molecule has 0 bridgehead atoms. The number of benzene rings is 1. The summed E-state index contributed by atoms with van der Waals surface area (Å²) >= 11 is 0. The van der Waals surface area contributed by atoms with E-state index < -0.39 is 0 Å². The van der Waals surface area contributed by atoms with Crippen molar-refractivity contribution in [3.05, 3.63) is 24.3 Å². The summed E-state index contributed by atoms with van der Waals surface area (Å²) in [6, 6.07) is 7.36. The van der Waals surface area contributed by atoms with Crippen molar-refractivity contribution in [3.8, 4) is 11.5 Å². The van der Waals surface area contributed by atoms with Gasteiger partial charge in [0.05, 0.1) is 27.2 Å². The molecule has 4 nitrogen and oxygen atoms in total. The van der Waals surface area contributed by atoms with Gasteiger partial charge in [0, 0.05) is 6.07 Å². The largest absolute Gasteiger partial charge is 0.497 e. The molecule has 0 heterocycles. The van der Waals surface area contributed by atoms with Gasteiger partial charge in [-0.2, -0.15) is 0 Å². The van der Waals surface area contributed by atoms with Crippen LogP contribution in [-0.2, 0) is 4.74 Å². The van der Waals surface area contributed by atoms with Crippen LogP contribution in [0.4, 0.5) is 0 Å². The summed E-state index contributed by atoms with van der Waals surface area (Å²) < 4.78 is 15.2. The summed E-state index contributed by atoms with van der Waals surface area (Å²) in [5.74, 6) is 1.71. The normalized spacial score (nSPS) is 9.47. The summed E-state index contributed by atoms with van der Waals surface area (Å²) in [6.45, 7) is 0.430. The Hall–Kier alpha value is -1.71. The highest BCUT2D eigenvalue weighted by Gasteiger charge is 1.98. The van der Waals surface area contributed by atoms with Gasteiger partial charge in [0.2, 0.25) is 0 Å². The van der Waals surface area contributed by atoms with Crippen molar-refractivity contribution in [3.63, 3.8) is 0 Å². The molecule has 1 aromatic rings. The summed E-state index contributed by atoms with van der Waals surface area (Å²) in [4.78, 5) is 0. The highest BCUT2D eigenvalue weighted by molar-refractivity contribution is 5.72. The standard InChI is InChI=1S/C11H15NO3/c1-13-9-4-3-5-10(8-9)15-7-6-11(12)14-2/h3-5,8,12H,6-7H2,1-2H3. The Balaban J connectivity index is 2.40. The zero-order chi connectivity index (χ0) is 11.1. The summed E-state index contributed by atoms with van der Waals surface area (Å²) in [7, 11) is 3.09. The molecule has 0 aliphatic carbocycles. The molecular formula is C11H15NO3. The Kier molecular flexibility index (Phi) is 4.47. The number of methoxy groups -OCH3 is 2. The molecule has 0 spiro atoms. The highest BCUT2D eigenvalue weighted by Crippen LogP contribution is 2.18. The fraction of sp³-hybridized carbons (Fsp3) is 0.364. The Labute approximate surface area is 89.3 Å². The van der Waals surface area contributed by atoms with Crippen molar-refractivity contribution < 1.29 is 14.2 Å². The van der Waals surface area contributed by atoms with Gasteiger partial charge < -0.3 is 14.2 Å². The van der Waals surface area contributed by atoms with Gasteiger partial charge in [0.25, 0.3) is 0 Å². The van der Waals surface area contributed by atoms with Crippen LogP contribution in [0.15, 0.2) is 24.3 Å². The second kappa shape index (κ2) is 5.90. The highest BCUT2D eigenvalue weighted by atomic mass is 16.5. The molecular weight excluding hydrogens is 194 g/mol. The second-order valence-electron chi connectivity index (χ2n) is 2.90. The first-order valence-electron chi connectivity index (χ1n) is 4.64. The zero-order valence-electron chi connectivity index (χ0n) is 8.95. The van der Waals surface area contributed by atoms with Crippen molar-refractivity contribution >= 4 is 5.90 Å². The molecule has 0 saturated carbocycles. The number of hydrogen-bond donors (Lipinski definition) is 1. The van der Waals surface area contributed by atoms with E-state index in [0.717, 1.165) is 11.5 Å². The van der Waals surface area contributed by atoms with E-state index in [2.05, 4.69) is 0 Å². The lowest BCUT2D eigenvalue weighted by Crippen LogP contribution is -2.06. The van der Waals surface area contributed by atoms with Crippen molar-refractivity contribution in [2.24, 2.45) is 0 Å². The van der Waals surface area contributed by atoms with E-state index in [1.54, 1.807) is 13.2 Å². The van der Waals surface area contributed by atoms with E-state index in [1.807, 2.05) is 18.2 Å². The minimum atomic E-state index is 0.220. The van der Waals surface area contributed by atoms with Crippen molar-refractivity contribution in [2.75, 3.05) is 20.8 Å². The maximum atomic E-state index is 7.25. The van der Waals surface area contributed by atoms with Gasteiger partial charge in [-0.25, -0.2) is 0 Å². The lowest BCUT2D eigenvalue weighted by molar-refractivity contribution is 0.305.